The van der Waals surface area contributed by atoms with Crippen LogP contribution in [-0.4, -0.2) is 13.1 Å². The van der Waals surface area contributed by atoms with Crippen LogP contribution < -0.4 is 5.32 Å². The molecule has 0 aliphatic carbocycles. The zero-order chi connectivity index (χ0) is 12.6. The van der Waals surface area contributed by atoms with E-state index in [0.717, 1.165) is 19.5 Å². The van der Waals surface area contributed by atoms with Gasteiger partial charge in [-0.15, -0.1) is 11.3 Å². The van der Waals surface area contributed by atoms with Crippen LogP contribution in [0.25, 0.3) is 0 Å². The molecule has 1 N–H and O–H groups in total. The van der Waals surface area contributed by atoms with Gasteiger partial charge >= 0.3 is 0 Å². The molecule has 18 heavy (non-hydrogen) atoms. The quantitative estimate of drug-likeness (QED) is 0.904. The molecule has 0 spiro atoms. The summed E-state index contributed by atoms with van der Waals surface area (Å²) in [7, 11) is 0. The summed E-state index contributed by atoms with van der Waals surface area (Å²) in [5, 5.41) is 3.44. The normalized spacial score (nSPS) is 17.4. The van der Waals surface area contributed by atoms with Crippen molar-refractivity contribution in [2.75, 3.05) is 13.1 Å². The predicted octanol–water partition coefficient (Wildman–Crippen LogP) is 3.90. The Morgan fingerprint density at radius 3 is 2.39 bits per heavy atom. The van der Waals surface area contributed by atoms with E-state index in [9.17, 15) is 0 Å². The number of rotatable bonds is 3. The van der Waals surface area contributed by atoms with Crippen LogP contribution in [0.1, 0.15) is 16.0 Å². The van der Waals surface area contributed by atoms with Crippen LogP contribution in [-0.2, 0) is 11.8 Å². The largest absolute Gasteiger partial charge is 0.315 e. The van der Waals surface area contributed by atoms with Gasteiger partial charge in [-0.1, -0.05) is 29.8 Å². The van der Waals surface area contributed by atoms with E-state index in [0.29, 0.717) is 5.41 Å². The highest BCUT2D eigenvalue weighted by molar-refractivity contribution is 9.11. The molecule has 0 unspecified atom stereocenters. The monoisotopic (exact) mass is 321 g/mol. The average molecular weight is 322 g/mol. The summed E-state index contributed by atoms with van der Waals surface area (Å²) < 4.78 is 1.23. The van der Waals surface area contributed by atoms with Crippen molar-refractivity contribution in [3.05, 3.63) is 56.2 Å². The molecule has 1 aliphatic rings. The first-order valence-electron chi connectivity index (χ1n) is 6.20. The Morgan fingerprint density at radius 1 is 1.17 bits per heavy atom. The highest BCUT2D eigenvalue weighted by Gasteiger charge is 2.38. The van der Waals surface area contributed by atoms with Gasteiger partial charge in [0, 0.05) is 23.4 Å². The van der Waals surface area contributed by atoms with Gasteiger partial charge in [0.25, 0.3) is 0 Å². The second-order valence-electron chi connectivity index (χ2n) is 5.13. The third kappa shape index (κ3) is 2.27. The highest BCUT2D eigenvalue weighted by Crippen LogP contribution is 2.35. The van der Waals surface area contributed by atoms with Crippen LogP contribution in [0.2, 0.25) is 0 Å². The molecule has 3 heteroatoms. The maximum atomic E-state index is 3.55. The van der Waals surface area contributed by atoms with Crippen LogP contribution in [0.4, 0.5) is 0 Å². The molecular formula is C15H16BrNS. The smallest absolute Gasteiger partial charge is 0.0701 e. The van der Waals surface area contributed by atoms with Gasteiger partial charge in [0.05, 0.1) is 3.79 Å². The van der Waals surface area contributed by atoms with Crippen molar-refractivity contribution in [2.45, 2.75) is 18.8 Å². The zero-order valence-electron chi connectivity index (χ0n) is 10.4. The maximum Gasteiger partial charge on any atom is 0.0701 e. The van der Waals surface area contributed by atoms with Crippen LogP contribution >= 0.6 is 27.3 Å². The predicted molar refractivity (Wildman–Crippen MR) is 81.4 cm³/mol. The molecule has 0 saturated carbocycles. The number of hydrogen-bond donors (Lipinski definition) is 1. The Hall–Kier alpha value is -0.640. The number of hydrogen-bond acceptors (Lipinski definition) is 2. The Bertz CT molecular complexity index is 540. The van der Waals surface area contributed by atoms with E-state index < -0.39 is 0 Å². The summed E-state index contributed by atoms with van der Waals surface area (Å²) in [6.45, 7) is 4.32. The molecule has 3 rings (SSSR count). The number of nitrogens with one attached hydrogen (secondary N) is 1. The van der Waals surface area contributed by atoms with Crippen LogP contribution in [0.3, 0.4) is 0 Å². The van der Waals surface area contributed by atoms with E-state index in [2.05, 4.69) is 64.6 Å². The van der Waals surface area contributed by atoms with Crippen LogP contribution in [0.15, 0.2) is 40.2 Å². The summed E-state index contributed by atoms with van der Waals surface area (Å²) >= 11 is 5.40. The van der Waals surface area contributed by atoms with Gasteiger partial charge in [0.15, 0.2) is 0 Å². The van der Waals surface area contributed by atoms with E-state index in [4.69, 9.17) is 0 Å². The number of halogens is 1. The first-order valence-corrected chi connectivity index (χ1v) is 7.81. The van der Waals surface area contributed by atoms with Gasteiger partial charge in [-0.3, -0.25) is 0 Å². The SMILES string of the molecule is Cc1ccc(C2(Cc3ccc(Br)s3)CNC2)cc1. The summed E-state index contributed by atoms with van der Waals surface area (Å²) in [5.74, 6) is 0. The summed E-state index contributed by atoms with van der Waals surface area (Å²) in [6.07, 6.45) is 1.14. The van der Waals surface area contributed by atoms with Crippen LogP contribution in [0.5, 0.6) is 0 Å². The number of aryl methyl sites for hydroxylation is 1. The molecule has 0 bridgehead atoms. The molecule has 1 fully saturated rings. The Balaban J connectivity index is 1.88. The van der Waals surface area contributed by atoms with Crippen molar-refractivity contribution in [3.63, 3.8) is 0 Å². The topological polar surface area (TPSA) is 12.0 Å². The molecule has 0 radical (unpaired) electrons. The van der Waals surface area contributed by atoms with Crippen molar-refractivity contribution in [2.24, 2.45) is 0 Å². The summed E-state index contributed by atoms with van der Waals surface area (Å²) in [5.41, 5.74) is 3.11. The van der Waals surface area contributed by atoms with Gasteiger partial charge in [-0.25, -0.2) is 0 Å². The molecule has 0 amide bonds. The molecule has 2 aromatic rings. The van der Waals surface area contributed by atoms with Gasteiger partial charge in [0.2, 0.25) is 0 Å². The minimum atomic E-state index is 0.304. The fraction of sp³-hybridized carbons (Fsp3) is 0.333. The van der Waals surface area contributed by atoms with Crippen molar-refractivity contribution < 1.29 is 0 Å². The van der Waals surface area contributed by atoms with E-state index in [1.54, 1.807) is 0 Å². The van der Waals surface area contributed by atoms with Crippen molar-refractivity contribution in [3.8, 4) is 0 Å². The summed E-state index contributed by atoms with van der Waals surface area (Å²) in [4.78, 5) is 1.46. The van der Waals surface area contributed by atoms with Crippen molar-refractivity contribution in [1.29, 1.82) is 0 Å². The molecule has 94 valence electrons. The molecular weight excluding hydrogens is 306 g/mol. The van der Waals surface area contributed by atoms with Gasteiger partial charge < -0.3 is 5.32 Å². The fourth-order valence-electron chi connectivity index (χ4n) is 2.55. The van der Waals surface area contributed by atoms with E-state index in [-0.39, 0.29) is 0 Å². The molecule has 1 aromatic heterocycles. The molecule has 1 nitrogen and oxygen atoms in total. The maximum absolute atomic E-state index is 3.55. The third-order valence-corrected chi connectivity index (χ3v) is 5.36. The zero-order valence-corrected chi connectivity index (χ0v) is 12.8. The second-order valence-corrected chi connectivity index (χ2v) is 7.68. The first-order chi connectivity index (χ1) is 8.68. The first kappa shape index (κ1) is 12.4. The van der Waals surface area contributed by atoms with Crippen LogP contribution in [0, 0.1) is 6.92 Å². The molecule has 0 atom stereocenters. The van der Waals surface area contributed by atoms with Crippen molar-refractivity contribution >= 4 is 27.3 Å². The van der Waals surface area contributed by atoms with Gasteiger partial charge in [0.1, 0.15) is 0 Å². The van der Waals surface area contributed by atoms with Crippen molar-refractivity contribution in [1.82, 2.24) is 5.32 Å². The standard InChI is InChI=1S/C15H16BrNS/c1-11-2-4-12(5-3-11)15(9-17-10-15)8-13-6-7-14(16)18-13/h2-7,17H,8-10H2,1H3. The van der Waals surface area contributed by atoms with E-state index in [1.165, 1.54) is 19.8 Å². The minimum Gasteiger partial charge on any atom is -0.315 e. The lowest BCUT2D eigenvalue weighted by molar-refractivity contribution is 0.276. The Kier molecular flexibility index (Phi) is 3.31. The highest BCUT2D eigenvalue weighted by atomic mass is 79.9. The average Bonchev–Trinajstić information content (AvgIpc) is 2.71. The lowest BCUT2D eigenvalue weighted by atomic mass is 9.72. The van der Waals surface area contributed by atoms with Gasteiger partial charge in [-0.2, -0.15) is 0 Å². The van der Waals surface area contributed by atoms with E-state index in [1.807, 2.05) is 11.3 Å². The molecule has 2 heterocycles. The number of thiophene rings is 1. The third-order valence-electron chi connectivity index (χ3n) is 3.73. The fourth-order valence-corrected chi connectivity index (χ4v) is 4.17. The Labute approximate surface area is 120 Å². The van der Waals surface area contributed by atoms with Gasteiger partial charge in [-0.05, 0) is 47.0 Å². The van der Waals surface area contributed by atoms with E-state index >= 15 is 0 Å². The second kappa shape index (κ2) is 4.80. The lowest BCUT2D eigenvalue weighted by Gasteiger charge is -2.43. The summed E-state index contributed by atoms with van der Waals surface area (Å²) in [6, 6.07) is 13.4. The molecule has 1 aromatic carbocycles. The number of benzene rings is 1. The lowest BCUT2D eigenvalue weighted by Crippen LogP contribution is -2.58. The Morgan fingerprint density at radius 2 is 1.89 bits per heavy atom. The molecule has 1 saturated heterocycles. The molecule has 1 aliphatic heterocycles. The minimum absolute atomic E-state index is 0.304.